The van der Waals surface area contributed by atoms with Gasteiger partial charge < -0.3 is 9.88 Å². The van der Waals surface area contributed by atoms with Gasteiger partial charge in [-0.2, -0.15) is 0 Å². The lowest BCUT2D eigenvalue weighted by Crippen LogP contribution is -2.18. The third-order valence-electron chi connectivity index (χ3n) is 4.78. The van der Waals surface area contributed by atoms with E-state index in [9.17, 15) is 4.79 Å². The predicted octanol–water partition coefficient (Wildman–Crippen LogP) is 4.75. The van der Waals surface area contributed by atoms with Gasteiger partial charge in [0.1, 0.15) is 0 Å². The number of carbonyl (C=O) groups excluding carboxylic acids is 1. The highest BCUT2D eigenvalue weighted by molar-refractivity contribution is 7.07. The summed E-state index contributed by atoms with van der Waals surface area (Å²) >= 11 is 1.61. The summed E-state index contributed by atoms with van der Waals surface area (Å²) in [5, 5.41) is 5.09. The minimum Gasteiger partial charge on any atom is -0.326 e. The van der Waals surface area contributed by atoms with Gasteiger partial charge in [-0.25, -0.2) is 4.98 Å². The van der Waals surface area contributed by atoms with Crippen LogP contribution >= 0.6 is 11.3 Å². The first-order valence-corrected chi connectivity index (χ1v) is 10.8. The van der Waals surface area contributed by atoms with Gasteiger partial charge in [0.05, 0.1) is 17.6 Å². The molecule has 0 radical (unpaired) electrons. The quantitative estimate of drug-likeness (QED) is 0.451. The minimum atomic E-state index is -0.0170. The second-order valence-electron chi connectivity index (χ2n) is 7.33. The van der Waals surface area contributed by atoms with Crippen LogP contribution in [0.15, 0.2) is 83.9 Å². The molecule has 6 heteroatoms. The number of benzene rings is 2. The third kappa shape index (κ3) is 5.43. The molecule has 0 saturated heterocycles. The van der Waals surface area contributed by atoms with Gasteiger partial charge in [-0.15, -0.1) is 11.3 Å². The van der Waals surface area contributed by atoms with E-state index in [2.05, 4.69) is 33.7 Å². The number of nitrogens with one attached hydrogen (secondary N) is 1. The highest BCUT2D eigenvalue weighted by Gasteiger charge is 2.07. The number of hydrogen-bond acceptors (Lipinski definition) is 4. The first-order valence-electron chi connectivity index (χ1n) is 9.82. The monoisotopic (exact) mass is 416 g/mol. The minimum absolute atomic E-state index is 0.0170. The molecule has 4 aromatic rings. The van der Waals surface area contributed by atoms with E-state index in [0.29, 0.717) is 6.42 Å². The lowest BCUT2D eigenvalue weighted by Gasteiger charge is -2.16. The zero-order valence-electron chi connectivity index (χ0n) is 16.9. The molecular formula is C24H24N4OS. The number of nitrogens with zero attached hydrogens (tertiary/aromatic N) is 3. The summed E-state index contributed by atoms with van der Waals surface area (Å²) < 4.78 is 2.04. The molecule has 0 fully saturated rings. The Morgan fingerprint density at radius 3 is 2.57 bits per heavy atom. The molecule has 5 nitrogen and oxygen atoms in total. The van der Waals surface area contributed by atoms with Gasteiger partial charge in [0.15, 0.2) is 0 Å². The maximum Gasteiger partial charge on any atom is 0.228 e. The van der Waals surface area contributed by atoms with Crippen LogP contribution in [0, 0.1) is 0 Å². The Morgan fingerprint density at radius 1 is 1.03 bits per heavy atom. The van der Waals surface area contributed by atoms with E-state index in [1.807, 2.05) is 77.1 Å². The molecule has 0 spiro atoms. The fraction of sp³-hybridized carbons (Fsp3) is 0.167. The van der Waals surface area contributed by atoms with E-state index in [4.69, 9.17) is 0 Å². The van der Waals surface area contributed by atoms with Crippen molar-refractivity contribution in [3.05, 3.63) is 101 Å². The van der Waals surface area contributed by atoms with Crippen LogP contribution in [-0.4, -0.2) is 27.4 Å². The molecule has 0 atom stereocenters. The topological polar surface area (TPSA) is 50.2 Å². The first-order chi connectivity index (χ1) is 14.7. The molecule has 2 aromatic carbocycles. The molecule has 0 aliphatic rings. The van der Waals surface area contributed by atoms with Crippen LogP contribution in [-0.2, 0) is 24.3 Å². The summed E-state index contributed by atoms with van der Waals surface area (Å²) in [5.74, 6) is -0.0170. The average molecular weight is 417 g/mol. The van der Waals surface area contributed by atoms with Crippen molar-refractivity contribution < 1.29 is 4.79 Å². The van der Waals surface area contributed by atoms with Crippen molar-refractivity contribution in [2.45, 2.75) is 19.5 Å². The standard InChI is InChI=1S/C24H24N4OS/c1-27(16-22-17-30-18-25-22)15-20-5-4-6-21(13-20)26-24(29)14-19-7-9-23(10-8-19)28-11-2-3-12-28/h2-13,17-18H,14-16H2,1H3,(H,26,29). The van der Waals surface area contributed by atoms with Crippen LogP contribution in [0.1, 0.15) is 16.8 Å². The van der Waals surface area contributed by atoms with E-state index in [1.165, 1.54) is 0 Å². The van der Waals surface area contributed by atoms with Gasteiger partial charge in [-0.3, -0.25) is 9.69 Å². The van der Waals surface area contributed by atoms with Crippen LogP contribution < -0.4 is 5.32 Å². The highest BCUT2D eigenvalue weighted by atomic mass is 32.1. The van der Waals surface area contributed by atoms with Crippen molar-refractivity contribution >= 4 is 22.9 Å². The Labute approximate surface area is 180 Å². The molecule has 0 aliphatic carbocycles. The first kappa shape index (κ1) is 20.1. The summed E-state index contributed by atoms with van der Waals surface area (Å²) in [4.78, 5) is 19.1. The molecule has 2 heterocycles. The van der Waals surface area contributed by atoms with Crippen LogP contribution in [0.25, 0.3) is 5.69 Å². The summed E-state index contributed by atoms with van der Waals surface area (Å²) in [5.41, 5.74) is 6.98. The zero-order valence-corrected chi connectivity index (χ0v) is 17.7. The Hall–Kier alpha value is -3.22. The largest absolute Gasteiger partial charge is 0.326 e. The maximum absolute atomic E-state index is 12.5. The summed E-state index contributed by atoms with van der Waals surface area (Å²) in [6.45, 7) is 1.60. The summed E-state index contributed by atoms with van der Waals surface area (Å²) in [7, 11) is 2.07. The molecule has 1 amide bonds. The van der Waals surface area contributed by atoms with Gasteiger partial charge in [-0.05, 0) is 54.6 Å². The second-order valence-corrected chi connectivity index (χ2v) is 8.05. The van der Waals surface area contributed by atoms with Crippen molar-refractivity contribution in [1.29, 1.82) is 0 Å². The Morgan fingerprint density at radius 2 is 1.83 bits per heavy atom. The zero-order chi connectivity index (χ0) is 20.8. The Bertz CT molecular complexity index is 1070. The molecule has 2 aromatic heterocycles. The van der Waals surface area contributed by atoms with Crippen molar-refractivity contribution in [1.82, 2.24) is 14.5 Å². The summed E-state index contributed by atoms with van der Waals surface area (Å²) in [6, 6.07) is 20.1. The van der Waals surface area contributed by atoms with Gasteiger partial charge in [0.25, 0.3) is 0 Å². The predicted molar refractivity (Wildman–Crippen MR) is 122 cm³/mol. The number of hydrogen-bond donors (Lipinski definition) is 1. The molecule has 152 valence electrons. The van der Waals surface area contributed by atoms with E-state index in [-0.39, 0.29) is 5.91 Å². The molecule has 0 unspecified atom stereocenters. The molecule has 1 N–H and O–H groups in total. The smallest absolute Gasteiger partial charge is 0.228 e. The normalized spacial score (nSPS) is 11.0. The van der Waals surface area contributed by atoms with Gasteiger partial charge in [0.2, 0.25) is 5.91 Å². The van der Waals surface area contributed by atoms with E-state index < -0.39 is 0 Å². The molecule has 0 bridgehead atoms. The van der Waals surface area contributed by atoms with Crippen molar-refractivity contribution in [3.63, 3.8) is 0 Å². The number of anilines is 1. The highest BCUT2D eigenvalue weighted by Crippen LogP contribution is 2.15. The second kappa shape index (κ2) is 9.52. The van der Waals surface area contributed by atoms with E-state index in [1.54, 1.807) is 11.3 Å². The van der Waals surface area contributed by atoms with Crippen molar-refractivity contribution in [2.75, 3.05) is 12.4 Å². The Kier molecular flexibility index (Phi) is 6.37. The molecule has 0 saturated carbocycles. The Balaban J connectivity index is 1.32. The fourth-order valence-corrected chi connectivity index (χ4v) is 3.94. The van der Waals surface area contributed by atoms with Gasteiger partial charge >= 0.3 is 0 Å². The van der Waals surface area contributed by atoms with Gasteiger partial charge in [-0.1, -0.05) is 24.3 Å². The number of carbonyl (C=O) groups is 1. The molecule has 0 aliphatic heterocycles. The SMILES string of the molecule is CN(Cc1cccc(NC(=O)Cc2ccc(-n3cccc3)cc2)c1)Cc1cscn1. The number of rotatable bonds is 8. The van der Waals surface area contributed by atoms with Crippen LogP contribution in [0.3, 0.4) is 0 Å². The fourth-order valence-electron chi connectivity index (χ4n) is 3.39. The van der Waals surface area contributed by atoms with Crippen LogP contribution in [0.5, 0.6) is 0 Å². The molecule has 30 heavy (non-hydrogen) atoms. The third-order valence-corrected chi connectivity index (χ3v) is 5.42. The lowest BCUT2D eigenvalue weighted by molar-refractivity contribution is -0.115. The molecule has 4 rings (SSSR count). The maximum atomic E-state index is 12.5. The number of thiazole rings is 1. The van der Waals surface area contributed by atoms with Crippen LogP contribution in [0.4, 0.5) is 5.69 Å². The van der Waals surface area contributed by atoms with Gasteiger partial charge in [0, 0.05) is 42.2 Å². The molecular weight excluding hydrogens is 392 g/mol. The van der Waals surface area contributed by atoms with E-state index >= 15 is 0 Å². The number of aromatic nitrogens is 2. The van der Waals surface area contributed by atoms with Crippen molar-refractivity contribution in [3.8, 4) is 5.69 Å². The average Bonchev–Trinajstić information content (AvgIpc) is 3.43. The number of amides is 1. The lowest BCUT2D eigenvalue weighted by atomic mass is 10.1. The van der Waals surface area contributed by atoms with Crippen LogP contribution in [0.2, 0.25) is 0 Å². The summed E-state index contributed by atoms with van der Waals surface area (Å²) in [6.07, 6.45) is 4.35. The van der Waals surface area contributed by atoms with E-state index in [0.717, 1.165) is 41.3 Å². The van der Waals surface area contributed by atoms with Crippen molar-refractivity contribution in [2.24, 2.45) is 0 Å².